The van der Waals surface area contributed by atoms with E-state index >= 15 is 0 Å². The van der Waals surface area contributed by atoms with Crippen molar-refractivity contribution in [1.29, 1.82) is 0 Å². The molecule has 0 atom stereocenters. The summed E-state index contributed by atoms with van der Waals surface area (Å²) in [6.45, 7) is -0.155. The third kappa shape index (κ3) is 3.53. The zero-order valence-corrected chi connectivity index (χ0v) is 11.9. The fourth-order valence-electron chi connectivity index (χ4n) is 1.71. The van der Waals surface area contributed by atoms with Gasteiger partial charge in [0, 0.05) is 26.0 Å². The number of aromatic nitrogens is 1. The van der Waals surface area contributed by atoms with E-state index in [1.807, 2.05) is 0 Å². The van der Waals surface area contributed by atoms with E-state index in [-0.39, 0.29) is 11.4 Å². The van der Waals surface area contributed by atoms with Crippen LogP contribution in [-0.2, 0) is 16.6 Å². The highest BCUT2D eigenvalue weighted by Gasteiger charge is 2.18. The number of halogens is 2. The van der Waals surface area contributed by atoms with Crippen LogP contribution in [0.3, 0.4) is 0 Å². The Morgan fingerprint density at radius 1 is 1.19 bits per heavy atom. The van der Waals surface area contributed by atoms with Gasteiger partial charge >= 0.3 is 0 Å². The SMILES string of the molecule is CNc1ccncc1S(=O)(=O)NCc1ccc(F)c(F)c1. The normalized spacial score (nSPS) is 11.4. The number of anilines is 1. The highest BCUT2D eigenvalue weighted by Crippen LogP contribution is 2.19. The van der Waals surface area contributed by atoms with E-state index < -0.39 is 21.7 Å². The Bertz CT molecular complexity index is 751. The third-order valence-electron chi connectivity index (χ3n) is 2.79. The van der Waals surface area contributed by atoms with Crippen LogP contribution in [0.5, 0.6) is 0 Å². The summed E-state index contributed by atoms with van der Waals surface area (Å²) in [5.41, 5.74) is 0.704. The van der Waals surface area contributed by atoms with Crippen LogP contribution in [0.2, 0.25) is 0 Å². The van der Waals surface area contributed by atoms with Crippen molar-refractivity contribution in [3.05, 3.63) is 53.9 Å². The van der Waals surface area contributed by atoms with Gasteiger partial charge in [-0.2, -0.15) is 0 Å². The Kier molecular flexibility index (Phi) is 4.49. The molecule has 0 aliphatic carbocycles. The molecule has 0 aliphatic rings. The molecule has 0 aliphatic heterocycles. The average Bonchev–Trinajstić information content (AvgIpc) is 2.48. The maximum Gasteiger partial charge on any atom is 0.244 e. The minimum Gasteiger partial charge on any atom is -0.387 e. The first kappa shape index (κ1) is 15.3. The molecule has 21 heavy (non-hydrogen) atoms. The monoisotopic (exact) mass is 313 g/mol. The fraction of sp³-hybridized carbons (Fsp3) is 0.154. The Morgan fingerprint density at radius 3 is 2.62 bits per heavy atom. The van der Waals surface area contributed by atoms with Crippen LogP contribution in [-0.4, -0.2) is 20.4 Å². The molecule has 0 amide bonds. The number of hydrogen-bond acceptors (Lipinski definition) is 4. The minimum atomic E-state index is -3.82. The average molecular weight is 313 g/mol. The summed E-state index contributed by atoms with van der Waals surface area (Å²) in [7, 11) is -2.23. The van der Waals surface area contributed by atoms with E-state index in [9.17, 15) is 17.2 Å². The molecule has 112 valence electrons. The van der Waals surface area contributed by atoms with E-state index in [2.05, 4.69) is 15.0 Å². The van der Waals surface area contributed by atoms with Crippen molar-refractivity contribution in [2.24, 2.45) is 0 Å². The predicted molar refractivity (Wildman–Crippen MR) is 74.2 cm³/mol. The van der Waals surface area contributed by atoms with Crippen molar-refractivity contribution < 1.29 is 17.2 Å². The summed E-state index contributed by atoms with van der Waals surface area (Å²) < 4.78 is 52.5. The smallest absolute Gasteiger partial charge is 0.244 e. The summed E-state index contributed by atoms with van der Waals surface area (Å²) in [6, 6.07) is 4.72. The Hall–Kier alpha value is -2.06. The van der Waals surface area contributed by atoms with E-state index in [0.717, 1.165) is 12.1 Å². The molecular formula is C13H13F2N3O2S. The topological polar surface area (TPSA) is 71.1 Å². The first-order chi connectivity index (χ1) is 9.94. The van der Waals surface area contributed by atoms with Crippen LogP contribution in [0.1, 0.15) is 5.56 Å². The number of benzene rings is 1. The highest BCUT2D eigenvalue weighted by molar-refractivity contribution is 7.89. The molecule has 2 aromatic rings. The van der Waals surface area contributed by atoms with Crippen LogP contribution in [0.25, 0.3) is 0 Å². The second-order valence-corrected chi connectivity index (χ2v) is 5.93. The van der Waals surface area contributed by atoms with Crippen LogP contribution < -0.4 is 10.0 Å². The van der Waals surface area contributed by atoms with Crippen LogP contribution in [0.4, 0.5) is 14.5 Å². The van der Waals surface area contributed by atoms with Crippen molar-refractivity contribution in [2.75, 3.05) is 12.4 Å². The van der Waals surface area contributed by atoms with Gasteiger partial charge in [-0.3, -0.25) is 4.98 Å². The van der Waals surface area contributed by atoms with Gasteiger partial charge in [-0.05, 0) is 23.8 Å². The summed E-state index contributed by atoms with van der Waals surface area (Å²) in [5, 5.41) is 2.75. The second kappa shape index (κ2) is 6.15. The Balaban J connectivity index is 2.20. The van der Waals surface area contributed by atoms with Crippen LogP contribution >= 0.6 is 0 Å². The second-order valence-electron chi connectivity index (χ2n) is 4.19. The molecule has 0 saturated heterocycles. The lowest BCUT2D eigenvalue weighted by Gasteiger charge is -2.10. The van der Waals surface area contributed by atoms with Crippen molar-refractivity contribution in [2.45, 2.75) is 11.4 Å². The molecule has 8 heteroatoms. The molecule has 0 spiro atoms. The zero-order valence-electron chi connectivity index (χ0n) is 11.1. The number of rotatable bonds is 5. The van der Waals surface area contributed by atoms with Gasteiger partial charge in [0.25, 0.3) is 0 Å². The van der Waals surface area contributed by atoms with Crippen molar-refractivity contribution in [3.63, 3.8) is 0 Å². The Labute approximate surface area is 121 Å². The molecule has 2 N–H and O–H groups in total. The summed E-state index contributed by atoms with van der Waals surface area (Å²) in [4.78, 5) is 3.75. The highest BCUT2D eigenvalue weighted by atomic mass is 32.2. The van der Waals surface area contributed by atoms with Gasteiger partial charge in [0.05, 0.1) is 5.69 Å². The molecule has 1 aromatic carbocycles. The molecule has 2 rings (SSSR count). The van der Waals surface area contributed by atoms with Crippen LogP contribution in [0.15, 0.2) is 41.6 Å². The lowest BCUT2D eigenvalue weighted by molar-refractivity contribution is 0.506. The Morgan fingerprint density at radius 2 is 1.95 bits per heavy atom. The van der Waals surface area contributed by atoms with Gasteiger partial charge < -0.3 is 5.32 Å². The summed E-state index contributed by atoms with van der Waals surface area (Å²) in [6.07, 6.45) is 2.67. The molecule has 0 saturated carbocycles. The van der Waals surface area contributed by atoms with Gasteiger partial charge in [-0.15, -0.1) is 0 Å². The molecule has 0 unspecified atom stereocenters. The molecule has 0 bridgehead atoms. The quantitative estimate of drug-likeness (QED) is 0.884. The van der Waals surface area contributed by atoms with Gasteiger partial charge in [-0.25, -0.2) is 21.9 Å². The zero-order chi connectivity index (χ0) is 15.5. The number of hydrogen-bond donors (Lipinski definition) is 2. The molecule has 0 radical (unpaired) electrons. The van der Waals surface area contributed by atoms with Crippen LogP contribution in [0, 0.1) is 11.6 Å². The fourth-order valence-corrected chi connectivity index (χ4v) is 2.88. The van der Waals surface area contributed by atoms with Gasteiger partial charge in [0.15, 0.2) is 11.6 Å². The molecule has 1 heterocycles. The van der Waals surface area contributed by atoms with Gasteiger partial charge in [0.2, 0.25) is 10.0 Å². The van der Waals surface area contributed by atoms with E-state index in [0.29, 0.717) is 11.3 Å². The number of nitrogens with zero attached hydrogens (tertiary/aromatic N) is 1. The first-order valence-corrected chi connectivity index (χ1v) is 7.47. The number of sulfonamides is 1. The van der Waals surface area contributed by atoms with Gasteiger partial charge in [0.1, 0.15) is 4.90 Å². The number of pyridine rings is 1. The third-order valence-corrected chi connectivity index (χ3v) is 4.22. The van der Waals surface area contributed by atoms with Crippen molar-refractivity contribution in [1.82, 2.24) is 9.71 Å². The minimum absolute atomic E-state index is 0.0184. The van der Waals surface area contributed by atoms with Gasteiger partial charge in [-0.1, -0.05) is 6.07 Å². The largest absolute Gasteiger partial charge is 0.387 e. The lowest BCUT2D eigenvalue weighted by atomic mass is 10.2. The molecular weight excluding hydrogens is 300 g/mol. The van der Waals surface area contributed by atoms with E-state index in [4.69, 9.17) is 0 Å². The number of nitrogens with one attached hydrogen (secondary N) is 2. The summed E-state index contributed by atoms with van der Waals surface area (Å²) in [5.74, 6) is -2.00. The molecule has 0 fully saturated rings. The lowest BCUT2D eigenvalue weighted by Crippen LogP contribution is -2.24. The maximum atomic E-state index is 13.1. The molecule has 1 aromatic heterocycles. The molecule has 5 nitrogen and oxygen atoms in total. The maximum absolute atomic E-state index is 13.1. The van der Waals surface area contributed by atoms with Crippen molar-refractivity contribution >= 4 is 15.7 Å². The summed E-state index contributed by atoms with van der Waals surface area (Å²) >= 11 is 0. The van der Waals surface area contributed by atoms with E-state index in [1.165, 1.54) is 24.5 Å². The van der Waals surface area contributed by atoms with E-state index in [1.54, 1.807) is 7.05 Å². The standard InChI is InChI=1S/C13H13F2N3O2S/c1-16-12-4-5-17-8-13(12)21(19,20)18-7-9-2-3-10(14)11(15)6-9/h2-6,8,18H,7H2,1H3,(H,16,17). The predicted octanol–water partition coefficient (Wildman–Crippen LogP) is 1.88. The van der Waals surface area contributed by atoms with Crippen molar-refractivity contribution in [3.8, 4) is 0 Å². The first-order valence-electron chi connectivity index (χ1n) is 5.99.